The Kier molecular flexibility index (Phi) is 12.7. The molecular weight excluding hydrogens is 194 g/mol. The van der Waals surface area contributed by atoms with E-state index in [4.69, 9.17) is 0 Å². The number of benzene rings is 1. The summed E-state index contributed by atoms with van der Waals surface area (Å²) in [7, 11) is 0. The normalized spacial score (nSPS) is 7.69. The standard InChI is InChI=1S/C9H9N.3C2H6/c1-7-6-10-9-5-3-2-4-8(7)9;3*1-2/h2-6,10H,1H3;3*1-2H3. The number of para-hydroxylation sites is 1. The number of aromatic amines is 1. The highest BCUT2D eigenvalue weighted by Gasteiger charge is 1.94. The first-order chi connectivity index (χ1) is 7.88. The highest BCUT2D eigenvalue weighted by Crippen LogP contribution is 2.15. The molecule has 1 heterocycles. The van der Waals surface area contributed by atoms with Gasteiger partial charge in [-0.15, -0.1) is 0 Å². The number of nitrogens with one attached hydrogen (secondary N) is 1. The zero-order chi connectivity index (χ0) is 13.0. The third-order valence-corrected chi connectivity index (χ3v) is 1.80. The molecule has 2 aromatic rings. The lowest BCUT2D eigenvalue weighted by molar-refractivity contribution is 1.43. The van der Waals surface area contributed by atoms with Crippen LogP contribution >= 0.6 is 0 Å². The molecule has 16 heavy (non-hydrogen) atoms. The largest absolute Gasteiger partial charge is 0.361 e. The highest BCUT2D eigenvalue weighted by atomic mass is 14.7. The van der Waals surface area contributed by atoms with Crippen molar-refractivity contribution in [2.24, 2.45) is 0 Å². The average molecular weight is 221 g/mol. The summed E-state index contributed by atoms with van der Waals surface area (Å²) < 4.78 is 0. The number of hydrogen-bond donors (Lipinski definition) is 1. The van der Waals surface area contributed by atoms with Crippen molar-refractivity contribution in [2.45, 2.75) is 48.5 Å². The molecule has 0 unspecified atom stereocenters. The van der Waals surface area contributed by atoms with Crippen molar-refractivity contribution >= 4 is 10.9 Å². The minimum atomic E-state index is 1.22. The van der Waals surface area contributed by atoms with Crippen LogP contribution in [0.4, 0.5) is 0 Å². The van der Waals surface area contributed by atoms with Gasteiger partial charge in [0.15, 0.2) is 0 Å². The second-order valence-corrected chi connectivity index (χ2v) is 2.52. The number of fused-ring (bicyclic) bond motifs is 1. The van der Waals surface area contributed by atoms with Gasteiger partial charge in [-0.3, -0.25) is 0 Å². The molecule has 0 saturated carbocycles. The van der Waals surface area contributed by atoms with Crippen molar-refractivity contribution in [3.8, 4) is 0 Å². The average Bonchev–Trinajstić information content (AvgIpc) is 2.79. The first-order valence-corrected chi connectivity index (χ1v) is 6.40. The Bertz CT molecular complexity index is 347. The van der Waals surface area contributed by atoms with Crippen LogP contribution in [0.2, 0.25) is 0 Å². The van der Waals surface area contributed by atoms with Crippen LogP contribution in [-0.4, -0.2) is 4.98 Å². The van der Waals surface area contributed by atoms with Crippen LogP contribution in [0.5, 0.6) is 0 Å². The summed E-state index contributed by atoms with van der Waals surface area (Å²) in [6.07, 6.45) is 2.03. The quantitative estimate of drug-likeness (QED) is 0.600. The Hall–Kier alpha value is -1.24. The van der Waals surface area contributed by atoms with Crippen molar-refractivity contribution in [3.63, 3.8) is 0 Å². The molecule has 1 nitrogen and oxygen atoms in total. The summed E-state index contributed by atoms with van der Waals surface area (Å²) in [5.74, 6) is 0. The molecule has 0 aliphatic carbocycles. The molecule has 0 amide bonds. The molecule has 0 fully saturated rings. The molecule has 1 heteroatoms. The molecule has 0 atom stereocenters. The van der Waals surface area contributed by atoms with Gasteiger partial charge in [0.2, 0.25) is 0 Å². The highest BCUT2D eigenvalue weighted by molar-refractivity contribution is 5.82. The molecule has 1 N–H and O–H groups in total. The van der Waals surface area contributed by atoms with Gasteiger partial charge in [0.05, 0.1) is 0 Å². The van der Waals surface area contributed by atoms with Crippen LogP contribution in [0.3, 0.4) is 0 Å². The molecule has 0 aliphatic rings. The van der Waals surface area contributed by atoms with Crippen molar-refractivity contribution in [1.29, 1.82) is 0 Å². The summed E-state index contributed by atoms with van der Waals surface area (Å²) in [6, 6.07) is 8.31. The lowest BCUT2D eigenvalue weighted by atomic mass is 10.2. The van der Waals surface area contributed by atoms with Gasteiger partial charge in [-0.25, -0.2) is 0 Å². The van der Waals surface area contributed by atoms with Gasteiger partial charge in [0, 0.05) is 17.1 Å². The van der Waals surface area contributed by atoms with Gasteiger partial charge in [0.25, 0.3) is 0 Å². The summed E-state index contributed by atoms with van der Waals surface area (Å²) in [4.78, 5) is 3.19. The molecule has 2 rings (SSSR count). The second kappa shape index (κ2) is 11.8. The monoisotopic (exact) mass is 221 g/mol. The Balaban J connectivity index is 0. The number of H-pyrrole nitrogens is 1. The van der Waals surface area contributed by atoms with Crippen molar-refractivity contribution in [2.75, 3.05) is 0 Å². The fourth-order valence-corrected chi connectivity index (χ4v) is 1.22. The van der Waals surface area contributed by atoms with Crippen molar-refractivity contribution in [3.05, 3.63) is 36.0 Å². The predicted molar refractivity (Wildman–Crippen MR) is 77.1 cm³/mol. The zero-order valence-corrected chi connectivity index (χ0v) is 11.9. The van der Waals surface area contributed by atoms with E-state index in [0.717, 1.165) is 0 Å². The maximum absolute atomic E-state index is 3.19. The van der Waals surface area contributed by atoms with E-state index in [2.05, 4.69) is 30.1 Å². The minimum Gasteiger partial charge on any atom is -0.361 e. The van der Waals surface area contributed by atoms with Gasteiger partial charge >= 0.3 is 0 Å². The lowest BCUT2D eigenvalue weighted by Crippen LogP contribution is -1.64. The Labute approximate surface area is 101 Å². The fraction of sp³-hybridized carbons (Fsp3) is 0.467. The van der Waals surface area contributed by atoms with Gasteiger partial charge in [-0.2, -0.15) is 0 Å². The summed E-state index contributed by atoms with van der Waals surface area (Å²) in [5.41, 5.74) is 2.54. The van der Waals surface area contributed by atoms with Crippen LogP contribution in [0.15, 0.2) is 30.5 Å². The number of hydrogen-bond acceptors (Lipinski definition) is 0. The van der Waals surface area contributed by atoms with Crippen LogP contribution in [-0.2, 0) is 0 Å². The third-order valence-electron chi connectivity index (χ3n) is 1.80. The third kappa shape index (κ3) is 5.01. The molecule has 0 radical (unpaired) electrons. The van der Waals surface area contributed by atoms with Gasteiger partial charge in [-0.1, -0.05) is 59.7 Å². The molecule has 0 saturated heterocycles. The predicted octanol–water partition coefficient (Wildman–Crippen LogP) is 5.55. The van der Waals surface area contributed by atoms with E-state index < -0.39 is 0 Å². The first-order valence-electron chi connectivity index (χ1n) is 6.40. The van der Waals surface area contributed by atoms with Crippen LogP contribution in [0.1, 0.15) is 47.1 Å². The van der Waals surface area contributed by atoms with Gasteiger partial charge < -0.3 is 4.98 Å². The van der Waals surface area contributed by atoms with Gasteiger partial charge in [-0.05, 0) is 18.6 Å². The van der Waals surface area contributed by atoms with E-state index in [1.54, 1.807) is 0 Å². The van der Waals surface area contributed by atoms with E-state index in [-0.39, 0.29) is 0 Å². The summed E-state index contributed by atoms with van der Waals surface area (Å²) in [6.45, 7) is 14.1. The number of aryl methyl sites for hydroxylation is 1. The van der Waals surface area contributed by atoms with E-state index >= 15 is 0 Å². The topological polar surface area (TPSA) is 15.8 Å². The summed E-state index contributed by atoms with van der Waals surface area (Å²) >= 11 is 0. The molecule has 0 aliphatic heterocycles. The van der Waals surface area contributed by atoms with Crippen LogP contribution < -0.4 is 0 Å². The molecule has 1 aromatic carbocycles. The van der Waals surface area contributed by atoms with Crippen LogP contribution in [0, 0.1) is 6.92 Å². The molecule has 0 bridgehead atoms. The SMILES string of the molecule is CC.CC.CC.Cc1c[nH]c2ccccc12. The molecule has 1 aromatic heterocycles. The van der Waals surface area contributed by atoms with E-state index in [0.29, 0.717) is 0 Å². The first kappa shape index (κ1) is 17.2. The lowest BCUT2D eigenvalue weighted by Gasteiger charge is -1.86. The van der Waals surface area contributed by atoms with Crippen molar-refractivity contribution in [1.82, 2.24) is 4.98 Å². The van der Waals surface area contributed by atoms with Crippen molar-refractivity contribution < 1.29 is 0 Å². The molecule has 92 valence electrons. The Morgan fingerprint density at radius 3 is 1.81 bits per heavy atom. The van der Waals surface area contributed by atoms with Crippen LogP contribution in [0.25, 0.3) is 10.9 Å². The Morgan fingerprint density at radius 2 is 1.31 bits per heavy atom. The zero-order valence-electron chi connectivity index (χ0n) is 11.9. The molecular formula is C15H27N. The fourth-order valence-electron chi connectivity index (χ4n) is 1.22. The maximum Gasteiger partial charge on any atom is 0.0456 e. The smallest absolute Gasteiger partial charge is 0.0456 e. The van der Waals surface area contributed by atoms with E-state index in [1.807, 2.05) is 53.8 Å². The second-order valence-electron chi connectivity index (χ2n) is 2.52. The number of aromatic nitrogens is 1. The van der Waals surface area contributed by atoms with Gasteiger partial charge in [0.1, 0.15) is 0 Å². The summed E-state index contributed by atoms with van der Waals surface area (Å²) in [5, 5.41) is 1.32. The number of rotatable bonds is 0. The Morgan fingerprint density at radius 1 is 0.812 bits per heavy atom. The maximum atomic E-state index is 3.19. The minimum absolute atomic E-state index is 1.22. The van der Waals surface area contributed by atoms with E-state index in [1.165, 1.54) is 16.5 Å². The van der Waals surface area contributed by atoms with E-state index in [9.17, 15) is 0 Å². The molecule has 0 spiro atoms.